The van der Waals surface area contributed by atoms with Gasteiger partial charge in [0.15, 0.2) is 17.2 Å². The van der Waals surface area contributed by atoms with Crippen molar-refractivity contribution < 1.29 is 22.7 Å². The third-order valence-electron chi connectivity index (χ3n) is 6.83. The Hall–Kier alpha value is -3.98. The molecule has 1 aromatic carbocycles. The Morgan fingerprint density at radius 3 is 2.68 bits per heavy atom. The Labute approximate surface area is 239 Å². The monoisotopic (exact) mass is 587 g/mol. The molecule has 1 aliphatic heterocycles. The molecular weight excluding hydrogens is 559 g/mol. The van der Waals surface area contributed by atoms with Crippen LogP contribution >= 0.6 is 11.6 Å². The molecule has 0 radical (unpaired) electrons. The van der Waals surface area contributed by atoms with Crippen molar-refractivity contribution in [3.8, 4) is 17.3 Å². The summed E-state index contributed by atoms with van der Waals surface area (Å²) in [6.45, 7) is 10.1. The van der Waals surface area contributed by atoms with Gasteiger partial charge in [0.1, 0.15) is 17.4 Å². The van der Waals surface area contributed by atoms with Gasteiger partial charge in [0.05, 0.1) is 16.1 Å². The van der Waals surface area contributed by atoms with Crippen LogP contribution in [-0.4, -0.2) is 55.1 Å². The fourth-order valence-electron chi connectivity index (χ4n) is 5.39. The van der Waals surface area contributed by atoms with Gasteiger partial charge in [0, 0.05) is 48.7 Å². The molecule has 3 aromatic heterocycles. The van der Waals surface area contributed by atoms with Gasteiger partial charge in [-0.05, 0) is 38.7 Å². The van der Waals surface area contributed by atoms with Gasteiger partial charge in [0.25, 0.3) is 0 Å². The van der Waals surface area contributed by atoms with Gasteiger partial charge < -0.3 is 19.9 Å². The summed E-state index contributed by atoms with van der Waals surface area (Å²) in [6.07, 6.45) is -0.699. The molecule has 0 saturated carbocycles. The van der Waals surface area contributed by atoms with Crippen LogP contribution in [-0.2, 0) is 10.9 Å². The van der Waals surface area contributed by atoms with Crippen molar-refractivity contribution in [3.63, 3.8) is 0 Å². The zero-order valence-corrected chi connectivity index (χ0v) is 23.9. The van der Waals surface area contributed by atoms with E-state index in [1.807, 2.05) is 19.9 Å². The number of H-pyrrole nitrogens is 1. The topological polar surface area (TPSA) is 111 Å². The number of benzene rings is 1. The minimum Gasteiger partial charge on any atom is -0.444 e. The van der Waals surface area contributed by atoms with Gasteiger partial charge in [0.2, 0.25) is 0 Å². The number of aromatic nitrogens is 4. The van der Waals surface area contributed by atoms with E-state index in [-0.39, 0.29) is 51.3 Å². The highest BCUT2D eigenvalue weighted by Gasteiger charge is 2.41. The molecule has 4 aromatic rings. The second-order valence-electron chi connectivity index (χ2n) is 12.0. The Bertz CT molecular complexity index is 1700. The molecule has 1 aliphatic rings. The van der Waals surface area contributed by atoms with E-state index >= 15 is 0 Å². The first-order valence-corrected chi connectivity index (χ1v) is 13.3. The number of likely N-dealkylation sites (tertiary alicyclic amines) is 1. The summed E-state index contributed by atoms with van der Waals surface area (Å²) in [6, 6.07) is 4.62. The van der Waals surface area contributed by atoms with E-state index in [1.54, 1.807) is 31.7 Å². The maximum Gasteiger partial charge on any atom is 0.433 e. The van der Waals surface area contributed by atoms with Crippen molar-refractivity contribution in [2.45, 2.75) is 58.9 Å². The molecule has 0 spiro atoms. The lowest BCUT2D eigenvalue weighted by molar-refractivity contribution is -0.141. The van der Waals surface area contributed by atoms with Gasteiger partial charge in [-0.2, -0.15) is 18.4 Å². The second kappa shape index (κ2) is 9.83. The van der Waals surface area contributed by atoms with E-state index in [2.05, 4.69) is 20.3 Å². The lowest BCUT2D eigenvalue weighted by Gasteiger charge is -2.43. The fraction of sp³-hybridized carbons (Fsp3) is 0.429. The average molecular weight is 588 g/mol. The van der Waals surface area contributed by atoms with Crippen LogP contribution < -0.4 is 5.32 Å². The van der Waals surface area contributed by atoms with E-state index in [1.165, 1.54) is 24.7 Å². The Balaban J connectivity index is 1.62. The number of aromatic amines is 1. The number of nitrogens with one attached hydrogen (secondary N) is 2. The number of nitrogens with zero attached hydrogens (tertiary/aromatic N) is 5. The van der Waals surface area contributed by atoms with Gasteiger partial charge in [-0.1, -0.05) is 31.5 Å². The van der Waals surface area contributed by atoms with Crippen molar-refractivity contribution >= 4 is 40.1 Å². The number of alkyl halides is 3. The highest BCUT2D eigenvalue weighted by atomic mass is 35.5. The largest absolute Gasteiger partial charge is 0.444 e. The van der Waals surface area contributed by atoms with E-state index in [9.17, 15) is 23.2 Å². The molecule has 0 bridgehead atoms. The van der Waals surface area contributed by atoms with Crippen LogP contribution in [0.4, 0.5) is 23.8 Å². The van der Waals surface area contributed by atoms with E-state index in [0.717, 1.165) is 4.40 Å². The van der Waals surface area contributed by atoms with Crippen molar-refractivity contribution in [1.82, 2.24) is 24.3 Å². The van der Waals surface area contributed by atoms with Crippen molar-refractivity contribution in [1.29, 1.82) is 5.26 Å². The third kappa shape index (κ3) is 5.51. The van der Waals surface area contributed by atoms with Crippen molar-refractivity contribution in [3.05, 3.63) is 47.0 Å². The number of anilines is 1. The minimum atomic E-state index is -4.78. The minimum absolute atomic E-state index is 0.00193. The lowest BCUT2D eigenvalue weighted by Crippen LogP contribution is -2.53. The number of rotatable bonds is 3. The molecule has 5 rings (SSSR count). The summed E-state index contributed by atoms with van der Waals surface area (Å²) >= 11 is 6.35. The number of imidazole rings is 1. The predicted molar refractivity (Wildman–Crippen MR) is 149 cm³/mol. The predicted octanol–water partition coefficient (Wildman–Crippen LogP) is 6.87. The SMILES string of the molecule is CC1(C)C[C@H](Nc2nc(-c3c[nH]c4c(Cl)c(C#N)ccc34)c(C(F)(F)F)n3ccnc23)CN(C(=O)OC(C)(C)C)C1. The normalized spacial score (nSPS) is 17.6. The van der Waals surface area contributed by atoms with Crippen molar-refractivity contribution in [2.75, 3.05) is 18.4 Å². The van der Waals surface area contributed by atoms with Crippen LogP contribution in [0, 0.1) is 16.7 Å². The molecule has 1 atom stereocenters. The summed E-state index contributed by atoms with van der Waals surface area (Å²) < 4.78 is 50.2. The van der Waals surface area contributed by atoms with Crippen LogP contribution in [0.15, 0.2) is 30.7 Å². The van der Waals surface area contributed by atoms with Crippen molar-refractivity contribution in [2.24, 2.45) is 5.41 Å². The smallest absolute Gasteiger partial charge is 0.433 e. The highest BCUT2D eigenvalue weighted by molar-refractivity contribution is 6.36. The van der Waals surface area contributed by atoms with Crippen LogP contribution in [0.5, 0.6) is 0 Å². The molecule has 1 saturated heterocycles. The summed E-state index contributed by atoms with van der Waals surface area (Å²) in [4.78, 5) is 26.1. The Morgan fingerprint density at radius 2 is 2.02 bits per heavy atom. The third-order valence-corrected chi connectivity index (χ3v) is 7.22. The quantitative estimate of drug-likeness (QED) is 0.271. The number of piperidine rings is 1. The molecule has 9 nitrogen and oxygen atoms in total. The number of carbonyl (C=O) groups is 1. The Morgan fingerprint density at radius 1 is 1.29 bits per heavy atom. The van der Waals surface area contributed by atoms with Crippen LogP contribution in [0.2, 0.25) is 5.02 Å². The van der Waals surface area contributed by atoms with Gasteiger partial charge in [-0.15, -0.1) is 0 Å². The molecule has 216 valence electrons. The summed E-state index contributed by atoms with van der Waals surface area (Å²) in [7, 11) is 0. The van der Waals surface area contributed by atoms with Crippen LogP contribution in [0.3, 0.4) is 0 Å². The molecule has 1 amide bonds. The van der Waals surface area contributed by atoms with Gasteiger partial charge in [-0.25, -0.2) is 14.8 Å². The van der Waals surface area contributed by atoms with Gasteiger partial charge in [-0.3, -0.25) is 4.40 Å². The zero-order chi connectivity index (χ0) is 29.9. The number of carbonyl (C=O) groups excluding carboxylic acids is 1. The summed E-state index contributed by atoms with van der Waals surface area (Å²) in [5.74, 6) is 0.138. The molecule has 2 N–H and O–H groups in total. The molecule has 4 heterocycles. The molecule has 1 fully saturated rings. The highest BCUT2D eigenvalue weighted by Crippen LogP contribution is 2.42. The molecule has 0 aliphatic carbocycles. The number of halogens is 4. The molecule has 13 heteroatoms. The first-order chi connectivity index (χ1) is 19.1. The first-order valence-electron chi connectivity index (χ1n) is 13.0. The maximum atomic E-state index is 14.6. The van der Waals surface area contributed by atoms with Crippen LogP contribution in [0.25, 0.3) is 27.8 Å². The first kappa shape index (κ1) is 28.5. The summed E-state index contributed by atoms with van der Waals surface area (Å²) in [5.41, 5.74) is -1.64. The molecular formula is C28H29ClF3N7O2. The number of hydrogen-bond donors (Lipinski definition) is 2. The molecule has 0 unspecified atom stereocenters. The lowest BCUT2D eigenvalue weighted by atomic mass is 9.82. The fourth-order valence-corrected chi connectivity index (χ4v) is 5.65. The van der Waals surface area contributed by atoms with Gasteiger partial charge >= 0.3 is 12.3 Å². The number of nitriles is 1. The standard InChI is InChI=1S/C28H29ClF3N7O2/c1-26(2,3)41-25(40)38-13-16(10-27(4,5)14-38)36-23-24-34-8-9-39(24)22(28(30,31)32)21(37-23)18-12-35-20-17(18)7-6-15(11-33)19(20)29/h6-9,12,16,35H,10,13-14H2,1-5H3,(H,36,37)/t16-/m0/s1. The summed E-state index contributed by atoms with van der Waals surface area (Å²) in [5, 5.41) is 13.1. The number of fused-ring (bicyclic) bond motifs is 2. The number of amides is 1. The van der Waals surface area contributed by atoms with E-state index in [0.29, 0.717) is 23.9 Å². The zero-order valence-electron chi connectivity index (χ0n) is 23.1. The number of ether oxygens (including phenoxy) is 1. The second-order valence-corrected chi connectivity index (χ2v) is 12.4. The van der Waals surface area contributed by atoms with E-state index < -0.39 is 23.6 Å². The Kier molecular flexibility index (Phi) is 6.85. The average Bonchev–Trinajstić information content (AvgIpc) is 3.49. The molecule has 41 heavy (non-hydrogen) atoms. The van der Waals surface area contributed by atoms with Crippen LogP contribution in [0.1, 0.15) is 52.3 Å². The van der Waals surface area contributed by atoms with E-state index in [4.69, 9.17) is 16.3 Å². The maximum absolute atomic E-state index is 14.6. The number of hydrogen-bond acceptors (Lipinski definition) is 6.